The fraction of sp³-hybridized carbons (Fsp3) is 0.417. The molecular weight excluding hydrogens is 964 g/mol. The number of nitrogens with one attached hydrogen (secondary N) is 3. The highest BCUT2D eigenvalue weighted by Gasteiger charge is 2.28. The standard InChI is InChI=1S/C24H30N8O4.C19H20ClN7O3.C5H11NO/c1-14-20-22(27-24(28-23(20)30(2)29-14)32-8-6-7-15(32)12-33)26-19-11-31(13-25-19)16-9-17(34-3)21(36-5)18(10-16)35-4;1-10-15-17(23-19(20)24-18(15)26(2)25-10)22-14-8-27(9-21-14)11-6-12(28-3)16(30-5)13(7-11)29-4;7-4-5-2-1-3-6-5/h9-11,13,15,33H,6-8,12H2,1-5H3,(H,26,27,28);6-9H,1-5H3,(H,22,23,24);5-7H,1-4H2/t15-;;5-/m0.0/s1. The van der Waals surface area contributed by atoms with Gasteiger partial charge in [-0.05, 0) is 57.7 Å². The number of hydrogen-bond donors (Lipinski definition) is 5. The third-order valence-corrected chi connectivity index (χ3v) is 12.6. The molecule has 0 bridgehead atoms. The molecule has 2 fully saturated rings. The quantitative estimate of drug-likeness (QED) is 0.0783. The Hall–Kier alpha value is -7.67. The van der Waals surface area contributed by atoms with Gasteiger partial charge in [-0.1, -0.05) is 0 Å². The minimum absolute atomic E-state index is 0.00358. The molecule has 2 aromatic carbocycles. The van der Waals surface area contributed by atoms with Crippen LogP contribution in [0.25, 0.3) is 33.4 Å². The fourth-order valence-corrected chi connectivity index (χ4v) is 9.05. The maximum atomic E-state index is 9.82. The van der Waals surface area contributed by atoms with E-state index in [1.54, 1.807) is 64.7 Å². The number of halogens is 1. The van der Waals surface area contributed by atoms with Gasteiger partial charge in [0.05, 0.1) is 108 Å². The fourth-order valence-electron chi connectivity index (χ4n) is 8.88. The molecular formula is C48H61ClN16O8. The molecule has 24 nitrogen and oxygen atoms in total. The number of anilines is 5. The minimum Gasteiger partial charge on any atom is -0.493 e. The molecule has 0 unspecified atom stereocenters. The van der Waals surface area contributed by atoms with Crippen LogP contribution in [-0.4, -0.2) is 150 Å². The van der Waals surface area contributed by atoms with Crippen LogP contribution in [0.5, 0.6) is 34.5 Å². The van der Waals surface area contributed by atoms with Gasteiger partial charge in [-0.25, -0.2) is 19.3 Å². The van der Waals surface area contributed by atoms with E-state index in [4.69, 9.17) is 55.1 Å². The van der Waals surface area contributed by atoms with Crippen molar-refractivity contribution in [1.82, 2.24) is 63.9 Å². The number of aliphatic hydroxyl groups is 2. The number of aryl methyl sites for hydroxylation is 4. The lowest BCUT2D eigenvalue weighted by Gasteiger charge is -2.23. The average molecular weight is 1030 g/mol. The van der Waals surface area contributed by atoms with Gasteiger partial charge in [0.25, 0.3) is 0 Å². The van der Waals surface area contributed by atoms with Crippen LogP contribution in [0.15, 0.2) is 49.3 Å². The third kappa shape index (κ3) is 10.9. The summed E-state index contributed by atoms with van der Waals surface area (Å²) in [7, 11) is 13.1. The molecule has 8 heterocycles. The topological polar surface area (TPSA) is 258 Å². The lowest BCUT2D eigenvalue weighted by molar-refractivity contribution is 0.255. The molecule has 0 amide bonds. The van der Waals surface area contributed by atoms with Crippen molar-refractivity contribution in [3.63, 3.8) is 0 Å². The summed E-state index contributed by atoms with van der Waals surface area (Å²) in [6.07, 6.45) is 11.3. The second-order valence-electron chi connectivity index (χ2n) is 17.0. The highest BCUT2D eigenvalue weighted by molar-refractivity contribution is 6.28. The second-order valence-corrected chi connectivity index (χ2v) is 17.4. The van der Waals surface area contributed by atoms with Crippen LogP contribution >= 0.6 is 11.6 Å². The number of ether oxygens (including phenoxy) is 6. The van der Waals surface area contributed by atoms with Crippen LogP contribution in [0.3, 0.4) is 0 Å². The van der Waals surface area contributed by atoms with Crippen molar-refractivity contribution in [2.24, 2.45) is 14.1 Å². The Morgan fingerprint density at radius 1 is 0.644 bits per heavy atom. The summed E-state index contributed by atoms with van der Waals surface area (Å²) < 4.78 is 39.7. The maximum Gasteiger partial charge on any atom is 0.229 e. The molecule has 6 aromatic heterocycles. The number of fused-ring (bicyclic) bond motifs is 2. The summed E-state index contributed by atoms with van der Waals surface area (Å²) in [5, 5.41) is 38.7. The van der Waals surface area contributed by atoms with Gasteiger partial charge in [0.1, 0.15) is 35.9 Å². The van der Waals surface area contributed by atoms with Crippen molar-refractivity contribution in [3.8, 4) is 45.9 Å². The van der Waals surface area contributed by atoms with Gasteiger partial charge >= 0.3 is 0 Å². The summed E-state index contributed by atoms with van der Waals surface area (Å²) in [5.74, 6) is 6.11. The molecule has 8 aromatic rings. The van der Waals surface area contributed by atoms with E-state index in [1.165, 1.54) is 6.42 Å². The first-order valence-corrected chi connectivity index (χ1v) is 23.8. The smallest absolute Gasteiger partial charge is 0.229 e. The van der Waals surface area contributed by atoms with Crippen molar-refractivity contribution in [3.05, 3.63) is 66.0 Å². The van der Waals surface area contributed by atoms with Crippen molar-refractivity contribution in [1.29, 1.82) is 0 Å². The molecule has 0 aliphatic carbocycles. The molecule has 0 saturated carbocycles. The largest absolute Gasteiger partial charge is 0.493 e. The zero-order valence-corrected chi connectivity index (χ0v) is 43.2. The molecule has 2 aliphatic heterocycles. The zero-order valence-electron chi connectivity index (χ0n) is 42.5. The Morgan fingerprint density at radius 2 is 1.14 bits per heavy atom. The van der Waals surface area contributed by atoms with Crippen LogP contribution in [0.2, 0.25) is 5.28 Å². The molecule has 0 spiro atoms. The number of imidazole rings is 2. The molecule has 2 saturated heterocycles. The number of aliphatic hydroxyl groups excluding tert-OH is 2. The number of hydrogen-bond acceptors (Lipinski definition) is 20. The third-order valence-electron chi connectivity index (χ3n) is 12.5. The summed E-state index contributed by atoms with van der Waals surface area (Å²) in [6, 6.07) is 7.77. The first kappa shape index (κ1) is 51.7. The molecule has 2 aliphatic rings. The van der Waals surface area contributed by atoms with E-state index in [1.807, 2.05) is 73.7 Å². The molecule has 388 valence electrons. The predicted octanol–water partition coefficient (Wildman–Crippen LogP) is 5.60. The Labute approximate surface area is 426 Å². The molecule has 0 radical (unpaired) electrons. The number of methoxy groups -OCH3 is 6. The Balaban J connectivity index is 0.000000174. The average Bonchev–Trinajstić information content (AvgIpc) is 4.29. The second kappa shape index (κ2) is 22.8. The maximum absolute atomic E-state index is 9.82. The SMILES string of the molecule is COc1cc(-n2cnc(Nc3nc(Cl)nc4c3c(C)nn4C)c2)cc(OC)c1OC.COc1cc(-n2cnc(Nc3nc(N4CCC[C@H]4CO)nc4c3c(C)nn4C)c2)cc(OC)c1OC.OC[C@@H]1CCCN1. The molecule has 2 atom stereocenters. The van der Waals surface area contributed by atoms with Gasteiger partial charge < -0.3 is 68.6 Å². The van der Waals surface area contributed by atoms with Gasteiger partial charge in [-0.15, -0.1) is 0 Å². The monoisotopic (exact) mass is 1020 g/mol. The summed E-state index contributed by atoms with van der Waals surface area (Å²) >= 11 is 6.10. The highest BCUT2D eigenvalue weighted by Crippen LogP contribution is 2.41. The number of benzene rings is 2. The Bertz CT molecular complexity index is 3140. The van der Waals surface area contributed by atoms with E-state index in [-0.39, 0.29) is 17.9 Å². The lowest BCUT2D eigenvalue weighted by Crippen LogP contribution is -2.33. The van der Waals surface area contributed by atoms with Gasteiger partial charge in [0, 0.05) is 50.9 Å². The molecule has 10 rings (SSSR count). The van der Waals surface area contributed by atoms with Gasteiger partial charge in [-0.3, -0.25) is 0 Å². The molecule has 5 N–H and O–H groups in total. The Kier molecular flexibility index (Phi) is 16.2. The minimum atomic E-state index is 0.00358. The normalized spacial score (nSPS) is 15.2. The van der Waals surface area contributed by atoms with E-state index >= 15 is 0 Å². The first-order valence-electron chi connectivity index (χ1n) is 23.4. The zero-order chi connectivity index (χ0) is 51.9. The van der Waals surface area contributed by atoms with Gasteiger partial charge in [0.2, 0.25) is 22.7 Å². The van der Waals surface area contributed by atoms with E-state index in [9.17, 15) is 5.11 Å². The van der Waals surface area contributed by atoms with E-state index in [0.29, 0.717) is 87.7 Å². The van der Waals surface area contributed by atoms with E-state index < -0.39 is 0 Å². The van der Waals surface area contributed by atoms with Crippen LogP contribution in [0.1, 0.15) is 37.1 Å². The number of aromatic nitrogens is 12. The van der Waals surface area contributed by atoms with Crippen molar-refractivity contribution in [2.75, 3.05) is 84.5 Å². The predicted molar refractivity (Wildman–Crippen MR) is 276 cm³/mol. The number of rotatable bonds is 15. The number of nitrogens with zero attached hydrogens (tertiary/aromatic N) is 13. The molecule has 73 heavy (non-hydrogen) atoms. The molecule has 25 heteroatoms. The van der Waals surface area contributed by atoms with Gasteiger partial charge in [-0.2, -0.15) is 30.1 Å². The van der Waals surface area contributed by atoms with Crippen molar-refractivity contribution < 1.29 is 38.6 Å². The van der Waals surface area contributed by atoms with Crippen LogP contribution in [0.4, 0.5) is 29.2 Å². The summed E-state index contributed by atoms with van der Waals surface area (Å²) in [4.78, 5) is 29.2. The highest BCUT2D eigenvalue weighted by atomic mass is 35.5. The summed E-state index contributed by atoms with van der Waals surface area (Å²) in [6.45, 7) is 6.07. The van der Waals surface area contributed by atoms with E-state index in [0.717, 1.165) is 65.9 Å². The summed E-state index contributed by atoms with van der Waals surface area (Å²) in [5.41, 5.74) is 4.53. The first-order chi connectivity index (χ1) is 35.3. The van der Waals surface area contributed by atoms with Gasteiger partial charge in [0.15, 0.2) is 34.3 Å². The van der Waals surface area contributed by atoms with Crippen LogP contribution in [-0.2, 0) is 14.1 Å². The Morgan fingerprint density at radius 3 is 1.56 bits per heavy atom. The van der Waals surface area contributed by atoms with Crippen LogP contribution in [0, 0.1) is 13.8 Å². The van der Waals surface area contributed by atoms with E-state index in [2.05, 4.69) is 51.0 Å². The lowest BCUT2D eigenvalue weighted by atomic mass is 10.2. The van der Waals surface area contributed by atoms with Crippen molar-refractivity contribution >= 4 is 62.9 Å². The van der Waals surface area contributed by atoms with Crippen LogP contribution < -0.4 is 49.3 Å². The van der Waals surface area contributed by atoms with Crippen molar-refractivity contribution in [2.45, 2.75) is 51.6 Å².